The van der Waals surface area contributed by atoms with Crippen LogP contribution in [0.5, 0.6) is 0 Å². The summed E-state index contributed by atoms with van der Waals surface area (Å²) in [5.74, 6) is 1.24. The third-order valence-electron chi connectivity index (χ3n) is 2.79. The minimum absolute atomic E-state index is 0.509. The van der Waals surface area contributed by atoms with E-state index in [1.165, 1.54) is 0 Å². The molecule has 6 nitrogen and oxygen atoms in total. The molecule has 0 bridgehead atoms. The Morgan fingerprint density at radius 1 is 1.21 bits per heavy atom. The van der Waals surface area contributed by atoms with E-state index in [-0.39, 0.29) is 0 Å². The molecule has 0 spiro atoms. The first-order valence-electron chi connectivity index (χ1n) is 5.77. The van der Waals surface area contributed by atoms with Gasteiger partial charge in [0.2, 0.25) is 0 Å². The monoisotopic (exact) mass is 253 g/mol. The van der Waals surface area contributed by atoms with Gasteiger partial charge in [0, 0.05) is 18.6 Å². The molecule has 3 aromatic heterocycles. The fourth-order valence-corrected chi connectivity index (χ4v) is 1.92. The molecule has 3 rings (SSSR count). The van der Waals surface area contributed by atoms with Crippen LogP contribution in [0.25, 0.3) is 11.6 Å². The van der Waals surface area contributed by atoms with Gasteiger partial charge >= 0.3 is 0 Å². The van der Waals surface area contributed by atoms with Gasteiger partial charge in [-0.25, -0.2) is 9.67 Å². The Morgan fingerprint density at radius 2 is 2.11 bits per heavy atom. The van der Waals surface area contributed by atoms with Crippen molar-refractivity contribution in [2.24, 2.45) is 0 Å². The topological polar surface area (TPSA) is 65.6 Å². The van der Waals surface area contributed by atoms with Crippen molar-refractivity contribution in [3.05, 3.63) is 54.1 Å². The van der Waals surface area contributed by atoms with Gasteiger partial charge < -0.3 is 0 Å². The van der Waals surface area contributed by atoms with E-state index in [1.807, 2.05) is 18.2 Å². The van der Waals surface area contributed by atoms with Crippen LogP contribution < -0.4 is 0 Å². The zero-order chi connectivity index (χ0) is 13.2. The van der Waals surface area contributed by atoms with E-state index >= 15 is 0 Å². The Labute approximate surface area is 109 Å². The molecule has 19 heavy (non-hydrogen) atoms. The highest BCUT2D eigenvalue weighted by Crippen LogP contribution is 2.19. The Morgan fingerprint density at radius 3 is 2.74 bits per heavy atom. The van der Waals surface area contributed by atoms with E-state index in [1.54, 1.807) is 40.9 Å². The second-order valence-corrected chi connectivity index (χ2v) is 3.99. The largest absolute Gasteiger partial charge is 0.298 e. The highest BCUT2D eigenvalue weighted by Gasteiger charge is 2.18. The van der Waals surface area contributed by atoms with Crippen LogP contribution in [0, 0.1) is 6.92 Å². The molecule has 0 aliphatic carbocycles. The first-order chi connectivity index (χ1) is 9.31. The molecule has 3 aromatic rings. The number of carbonyl (C=O) groups excluding carboxylic acids is 1. The van der Waals surface area contributed by atoms with Crippen molar-refractivity contribution in [2.75, 3.05) is 0 Å². The lowest BCUT2D eigenvalue weighted by Crippen LogP contribution is -2.08. The van der Waals surface area contributed by atoms with Gasteiger partial charge in [-0.05, 0) is 25.1 Å². The summed E-state index contributed by atoms with van der Waals surface area (Å²) < 4.78 is 3.23. The molecule has 0 atom stereocenters. The van der Waals surface area contributed by atoms with E-state index in [4.69, 9.17) is 0 Å². The number of hydrogen-bond donors (Lipinski definition) is 0. The van der Waals surface area contributed by atoms with Gasteiger partial charge in [0.15, 0.2) is 17.9 Å². The molecule has 6 heteroatoms. The maximum atomic E-state index is 11.3. The molecule has 0 aromatic carbocycles. The fourth-order valence-electron chi connectivity index (χ4n) is 1.92. The van der Waals surface area contributed by atoms with Crippen LogP contribution >= 0.6 is 0 Å². The second-order valence-electron chi connectivity index (χ2n) is 3.99. The summed E-state index contributed by atoms with van der Waals surface area (Å²) in [4.78, 5) is 15.5. The SMILES string of the molecule is Cc1nn(-c2ccccn2)c(-n2cccn2)c1C=O. The molecule has 94 valence electrons. The van der Waals surface area contributed by atoms with E-state index in [0.29, 0.717) is 22.9 Å². The molecule has 0 N–H and O–H groups in total. The van der Waals surface area contributed by atoms with Crippen molar-refractivity contribution in [2.45, 2.75) is 6.92 Å². The predicted molar refractivity (Wildman–Crippen MR) is 68.6 cm³/mol. The maximum Gasteiger partial charge on any atom is 0.169 e. The lowest BCUT2D eigenvalue weighted by atomic mass is 10.2. The van der Waals surface area contributed by atoms with Crippen LogP contribution in [0.4, 0.5) is 0 Å². The number of carbonyl (C=O) groups is 1. The van der Waals surface area contributed by atoms with Crippen LogP contribution in [0.15, 0.2) is 42.9 Å². The van der Waals surface area contributed by atoms with Crippen LogP contribution in [0.3, 0.4) is 0 Å². The summed E-state index contributed by atoms with van der Waals surface area (Å²) in [6.07, 6.45) is 5.89. The second kappa shape index (κ2) is 4.49. The Balaban J connectivity index is 2.29. The number of hydrogen-bond acceptors (Lipinski definition) is 4. The molecule has 0 aliphatic rings. The summed E-state index contributed by atoms with van der Waals surface area (Å²) >= 11 is 0. The molecule has 0 aliphatic heterocycles. The molecular formula is C13H11N5O. The first-order valence-corrected chi connectivity index (χ1v) is 5.77. The number of aldehydes is 1. The summed E-state index contributed by atoms with van der Waals surface area (Å²) in [5.41, 5.74) is 1.15. The molecule has 3 heterocycles. The molecular weight excluding hydrogens is 242 g/mol. The summed E-state index contributed by atoms with van der Waals surface area (Å²) in [7, 11) is 0. The highest BCUT2D eigenvalue weighted by atomic mass is 16.1. The van der Waals surface area contributed by atoms with Crippen molar-refractivity contribution in [3.63, 3.8) is 0 Å². The highest BCUT2D eigenvalue weighted by molar-refractivity contribution is 5.81. The lowest BCUT2D eigenvalue weighted by Gasteiger charge is -2.06. The van der Waals surface area contributed by atoms with Crippen molar-refractivity contribution in [3.8, 4) is 11.6 Å². The van der Waals surface area contributed by atoms with Gasteiger partial charge in [-0.2, -0.15) is 14.9 Å². The molecule has 0 saturated carbocycles. The maximum absolute atomic E-state index is 11.3. The van der Waals surface area contributed by atoms with E-state index < -0.39 is 0 Å². The number of pyridine rings is 1. The lowest BCUT2D eigenvalue weighted by molar-refractivity contribution is 0.112. The number of nitrogens with zero attached hydrogens (tertiary/aromatic N) is 5. The smallest absolute Gasteiger partial charge is 0.169 e. The molecule has 0 radical (unpaired) electrons. The van der Waals surface area contributed by atoms with Gasteiger partial charge in [-0.1, -0.05) is 6.07 Å². The third-order valence-corrected chi connectivity index (χ3v) is 2.79. The van der Waals surface area contributed by atoms with Crippen molar-refractivity contribution in [1.29, 1.82) is 0 Å². The minimum Gasteiger partial charge on any atom is -0.298 e. The molecule has 0 fully saturated rings. The number of aromatic nitrogens is 5. The number of aryl methyl sites for hydroxylation is 1. The van der Waals surface area contributed by atoms with Crippen molar-refractivity contribution < 1.29 is 4.79 Å². The van der Waals surface area contributed by atoms with Gasteiger partial charge in [0.1, 0.15) is 0 Å². The quantitative estimate of drug-likeness (QED) is 0.665. The van der Waals surface area contributed by atoms with Gasteiger partial charge in [-0.15, -0.1) is 0 Å². The first kappa shape index (κ1) is 11.3. The van der Waals surface area contributed by atoms with Crippen molar-refractivity contribution >= 4 is 6.29 Å². The molecule has 0 amide bonds. The minimum atomic E-state index is 0.509. The average molecular weight is 253 g/mol. The van der Waals surface area contributed by atoms with Gasteiger partial charge in [0.05, 0.1) is 11.3 Å². The predicted octanol–water partition coefficient (Wildman–Crippen LogP) is 1.57. The normalized spacial score (nSPS) is 10.6. The van der Waals surface area contributed by atoms with Crippen LogP contribution in [0.2, 0.25) is 0 Å². The van der Waals surface area contributed by atoms with Gasteiger partial charge in [-0.3, -0.25) is 4.79 Å². The Kier molecular flexibility index (Phi) is 2.68. The van der Waals surface area contributed by atoms with E-state index in [0.717, 1.165) is 6.29 Å². The average Bonchev–Trinajstić information content (AvgIpc) is 3.06. The molecule has 0 saturated heterocycles. The van der Waals surface area contributed by atoms with Crippen molar-refractivity contribution in [1.82, 2.24) is 24.5 Å². The molecule has 0 unspecified atom stereocenters. The van der Waals surface area contributed by atoms with E-state index in [2.05, 4.69) is 15.2 Å². The Hall–Kier alpha value is -2.76. The van der Waals surface area contributed by atoms with Crippen LogP contribution in [0.1, 0.15) is 16.1 Å². The zero-order valence-electron chi connectivity index (χ0n) is 10.3. The number of rotatable bonds is 3. The summed E-state index contributed by atoms with van der Waals surface area (Å²) in [6.45, 7) is 1.79. The Bertz CT molecular complexity index is 700. The summed E-state index contributed by atoms with van der Waals surface area (Å²) in [6, 6.07) is 7.31. The third kappa shape index (κ3) is 1.83. The van der Waals surface area contributed by atoms with E-state index in [9.17, 15) is 4.79 Å². The zero-order valence-corrected chi connectivity index (χ0v) is 10.3. The summed E-state index contributed by atoms with van der Waals surface area (Å²) in [5, 5.41) is 8.53. The van der Waals surface area contributed by atoms with Crippen LogP contribution in [-0.2, 0) is 0 Å². The standard InChI is InChI=1S/C13H11N5O/c1-10-11(9-19)13(17-8-4-7-15-17)18(16-10)12-5-2-3-6-14-12/h2-9H,1H3. The fraction of sp³-hybridized carbons (Fsp3) is 0.0769. The van der Waals surface area contributed by atoms with Gasteiger partial charge in [0.25, 0.3) is 0 Å². The van der Waals surface area contributed by atoms with Crippen LogP contribution in [-0.4, -0.2) is 30.8 Å².